The predicted molar refractivity (Wildman–Crippen MR) is 65.0 cm³/mol. The Hall–Kier alpha value is -0.570. The first-order valence-corrected chi connectivity index (χ1v) is 6.67. The van der Waals surface area contributed by atoms with Crippen LogP contribution in [-0.4, -0.2) is 18.0 Å². The van der Waals surface area contributed by atoms with E-state index in [1.54, 1.807) is 0 Å². The highest BCUT2D eigenvalue weighted by Crippen LogP contribution is 2.47. The molecule has 0 radical (unpaired) electrons. The van der Waals surface area contributed by atoms with Crippen molar-refractivity contribution in [3.63, 3.8) is 0 Å². The van der Waals surface area contributed by atoms with Crippen LogP contribution >= 0.6 is 0 Å². The quantitative estimate of drug-likeness (QED) is 0.767. The zero-order chi connectivity index (χ0) is 11.6. The Bertz CT molecular complexity index is 265. The monoisotopic (exact) mass is 224 g/mol. The first kappa shape index (κ1) is 11.9. The molecule has 1 amide bonds. The van der Waals surface area contributed by atoms with Crippen molar-refractivity contribution in [3.8, 4) is 0 Å². The zero-order valence-electron chi connectivity index (χ0n) is 10.3. The van der Waals surface area contributed by atoms with Gasteiger partial charge < -0.3 is 11.1 Å². The standard InChI is InChI=1S/C13H24N2O/c1-2-12(8-9-12)10-15-11(16)13(14)6-4-3-5-7-13/h2-10,14H2,1H3,(H,15,16). The Labute approximate surface area is 98.2 Å². The lowest BCUT2D eigenvalue weighted by molar-refractivity contribution is -0.127. The van der Waals surface area contributed by atoms with Crippen LogP contribution in [0.1, 0.15) is 58.3 Å². The van der Waals surface area contributed by atoms with Crippen molar-refractivity contribution in [2.24, 2.45) is 11.1 Å². The largest absolute Gasteiger partial charge is 0.354 e. The highest BCUT2D eigenvalue weighted by molar-refractivity contribution is 5.86. The summed E-state index contributed by atoms with van der Waals surface area (Å²) in [6.07, 6.45) is 8.85. The lowest BCUT2D eigenvalue weighted by Crippen LogP contribution is -2.55. The third kappa shape index (κ3) is 2.40. The molecule has 0 aliphatic heterocycles. The third-order valence-corrected chi connectivity index (χ3v) is 4.53. The number of rotatable bonds is 4. The predicted octanol–water partition coefficient (Wildman–Crippen LogP) is 1.95. The van der Waals surface area contributed by atoms with Gasteiger partial charge in [0.15, 0.2) is 0 Å². The van der Waals surface area contributed by atoms with Crippen molar-refractivity contribution in [1.82, 2.24) is 5.32 Å². The molecule has 2 rings (SSSR count). The van der Waals surface area contributed by atoms with Crippen LogP contribution in [-0.2, 0) is 4.79 Å². The number of carbonyl (C=O) groups is 1. The second-order valence-corrected chi connectivity index (χ2v) is 5.75. The summed E-state index contributed by atoms with van der Waals surface area (Å²) in [5.41, 5.74) is 6.03. The SMILES string of the molecule is CCC1(CNC(=O)C2(N)CCCCC2)CC1. The molecule has 0 heterocycles. The Morgan fingerprint density at radius 3 is 2.31 bits per heavy atom. The number of carbonyl (C=O) groups excluding carboxylic acids is 1. The van der Waals surface area contributed by atoms with E-state index in [0.717, 1.165) is 32.2 Å². The number of amides is 1. The van der Waals surface area contributed by atoms with E-state index in [0.29, 0.717) is 5.41 Å². The summed E-state index contributed by atoms with van der Waals surface area (Å²) in [6, 6.07) is 0. The van der Waals surface area contributed by atoms with E-state index in [-0.39, 0.29) is 5.91 Å². The van der Waals surface area contributed by atoms with Crippen LogP contribution in [0, 0.1) is 5.41 Å². The molecular formula is C13H24N2O. The summed E-state index contributed by atoms with van der Waals surface area (Å²) in [4.78, 5) is 12.1. The van der Waals surface area contributed by atoms with Crippen LogP contribution < -0.4 is 11.1 Å². The van der Waals surface area contributed by atoms with Crippen molar-refractivity contribution in [2.45, 2.75) is 63.8 Å². The summed E-state index contributed by atoms with van der Waals surface area (Å²) in [5.74, 6) is 0.0897. The highest BCUT2D eigenvalue weighted by atomic mass is 16.2. The van der Waals surface area contributed by atoms with Crippen molar-refractivity contribution >= 4 is 5.91 Å². The van der Waals surface area contributed by atoms with Gasteiger partial charge in [-0.2, -0.15) is 0 Å². The van der Waals surface area contributed by atoms with Crippen LogP contribution in [0.4, 0.5) is 0 Å². The molecule has 0 atom stereocenters. The fourth-order valence-electron chi connectivity index (χ4n) is 2.69. The van der Waals surface area contributed by atoms with Crippen LogP contribution in [0.15, 0.2) is 0 Å². The molecule has 0 spiro atoms. The van der Waals surface area contributed by atoms with E-state index in [4.69, 9.17) is 5.73 Å². The Kier molecular flexibility index (Phi) is 3.24. The van der Waals surface area contributed by atoms with Crippen molar-refractivity contribution < 1.29 is 4.79 Å². The van der Waals surface area contributed by atoms with Gasteiger partial charge in [0.25, 0.3) is 0 Å². The Morgan fingerprint density at radius 2 is 1.81 bits per heavy atom. The second kappa shape index (κ2) is 4.36. The van der Waals surface area contributed by atoms with Crippen molar-refractivity contribution in [1.29, 1.82) is 0 Å². The van der Waals surface area contributed by atoms with Gasteiger partial charge in [0, 0.05) is 6.54 Å². The molecule has 0 aromatic heterocycles. The average Bonchev–Trinajstić information content (AvgIpc) is 3.07. The van der Waals surface area contributed by atoms with Gasteiger partial charge in [0.1, 0.15) is 0 Å². The molecule has 3 heteroatoms. The zero-order valence-corrected chi connectivity index (χ0v) is 10.3. The first-order chi connectivity index (χ1) is 7.60. The highest BCUT2D eigenvalue weighted by Gasteiger charge is 2.42. The van der Waals surface area contributed by atoms with Gasteiger partial charge in [-0.15, -0.1) is 0 Å². The van der Waals surface area contributed by atoms with Crippen LogP contribution in [0.2, 0.25) is 0 Å². The summed E-state index contributed by atoms with van der Waals surface area (Å²) < 4.78 is 0. The van der Waals surface area contributed by atoms with E-state index in [9.17, 15) is 4.79 Å². The van der Waals surface area contributed by atoms with Gasteiger partial charge in [-0.25, -0.2) is 0 Å². The molecule has 2 aliphatic carbocycles. The molecule has 0 saturated heterocycles. The summed E-state index contributed by atoms with van der Waals surface area (Å²) in [7, 11) is 0. The maximum atomic E-state index is 12.1. The van der Waals surface area contributed by atoms with Crippen LogP contribution in [0.25, 0.3) is 0 Å². The van der Waals surface area contributed by atoms with Crippen molar-refractivity contribution in [2.75, 3.05) is 6.54 Å². The fourth-order valence-corrected chi connectivity index (χ4v) is 2.69. The summed E-state index contributed by atoms with van der Waals surface area (Å²) >= 11 is 0. The van der Waals surface area contributed by atoms with Crippen LogP contribution in [0.3, 0.4) is 0 Å². The normalized spacial score (nSPS) is 26.1. The molecule has 2 aliphatic rings. The second-order valence-electron chi connectivity index (χ2n) is 5.75. The minimum absolute atomic E-state index is 0.0897. The Balaban J connectivity index is 1.82. The van der Waals surface area contributed by atoms with E-state index in [1.807, 2.05) is 0 Å². The maximum Gasteiger partial charge on any atom is 0.240 e. The maximum absolute atomic E-state index is 12.1. The molecule has 2 saturated carbocycles. The first-order valence-electron chi connectivity index (χ1n) is 6.67. The summed E-state index contributed by atoms with van der Waals surface area (Å²) in [5, 5.41) is 3.08. The van der Waals surface area contributed by atoms with Gasteiger partial charge in [0.2, 0.25) is 5.91 Å². The lowest BCUT2D eigenvalue weighted by atomic mass is 9.82. The van der Waals surface area contributed by atoms with E-state index >= 15 is 0 Å². The molecular weight excluding hydrogens is 200 g/mol. The molecule has 0 aromatic carbocycles. The minimum Gasteiger partial charge on any atom is -0.354 e. The molecule has 0 bridgehead atoms. The molecule has 3 nitrogen and oxygen atoms in total. The number of nitrogens with two attached hydrogens (primary N) is 1. The smallest absolute Gasteiger partial charge is 0.240 e. The van der Waals surface area contributed by atoms with Crippen LogP contribution in [0.5, 0.6) is 0 Å². The average molecular weight is 224 g/mol. The lowest BCUT2D eigenvalue weighted by Gasteiger charge is -2.32. The number of nitrogens with one attached hydrogen (secondary N) is 1. The minimum atomic E-state index is -0.567. The van der Waals surface area contributed by atoms with Gasteiger partial charge in [-0.1, -0.05) is 26.2 Å². The van der Waals surface area contributed by atoms with Gasteiger partial charge in [0.05, 0.1) is 5.54 Å². The fraction of sp³-hybridized carbons (Fsp3) is 0.923. The van der Waals surface area contributed by atoms with E-state index in [2.05, 4.69) is 12.2 Å². The van der Waals surface area contributed by atoms with Gasteiger partial charge in [-0.05, 0) is 37.5 Å². The molecule has 2 fully saturated rings. The molecule has 0 unspecified atom stereocenters. The van der Waals surface area contributed by atoms with Gasteiger partial charge >= 0.3 is 0 Å². The van der Waals surface area contributed by atoms with Crippen molar-refractivity contribution in [3.05, 3.63) is 0 Å². The van der Waals surface area contributed by atoms with Gasteiger partial charge in [-0.3, -0.25) is 4.79 Å². The van der Waals surface area contributed by atoms with E-state index < -0.39 is 5.54 Å². The molecule has 92 valence electrons. The molecule has 0 aromatic rings. The number of hydrogen-bond donors (Lipinski definition) is 2. The number of hydrogen-bond acceptors (Lipinski definition) is 2. The Morgan fingerprint density at radius 1 is 1.19 bits per heavy atom. The van der Waals surface area contributed by atoms with E-state index in [1.165, 1.54) is 25.7 Å². The molecule has 3 N–H and O–H groups in total. The third-order valence-electron chi connectivity index (χ3n) is 4.53. The topological polar surface area (TPSA) is 55.1 Å². The summed E-state index contributed by atoms with van der Waals surface area (Å²) in [6.45, 7) is 3.04. The molecule has 16 heavy (non-hydrogen) atoms.